The third-order valence-corrected chi connectivity index (χ3v) is 7.28. The first kappa shape index (κ1) is 27.2. The van der Waals surface area contributed by atoms with Crippen LogP contribution in [0.5, 0.6) is 5.75 Å². The number of nitrogens with one attached hydrogen (secondary N) is 2. The number of ether oxygens (including phenoxy) is 2. The fourth-order valence-electron chi connectivity index (χ4n) is 4.68. The number of furan rings is 1. The van der Waals surface area contributed by atoms with Gasteiger partial charge in [-0.1, -0.05) is 24.3 Å². The van der Waals surface area contributed by atoms with Gasteiger partial charge in [0, 0.05) is 23.5 Å². The minimum Gasteiger partial charge on any atom is -0.494 e. The summed E-state index contributed by atoms with van der Waals surface area (Å²) in [5, 5.41) is 3.77. The average Bonchev–Trinajstić information content (AvgIpc) is 3.57. The Labute approximate surface area is 237 Å². The lowest BCUT2D eigenvalue weighted by Gasteiger charge is -2.27. The van der Waals surface area contributed by atoms with E-state index in [0.29, 0.717) is 44.9 Å². The van der Waals surface area contributed by atoms with Gasteiger partial charge in [-0.05, 0) is 54.7 Å². The fraction of sp³-hybridized carbons (Fsp3) is 0.179. The van der Waals surface area contributed by atoms with Gasteiger partial charge in [0.1, 0.15) is 23.3 Å². The molecule has 0 aliphatic carbocycles. The van der Waals surface area contributed by atoms with Gasteiger partial charge in [0.25, 0.3) is 0 Å². The SMILES string of the molecule is COC(=O)c1ccccc1-c1ccc([C@@H]2[C@@H](c3ccccn3)NC(=S)N2c2ccc(NS(C)(=O)=O)c(OC)c2)o1. The van der Waals surface area contributed by atoms with E-state index in [2.05, 4.69) is 15.0 Å². The Morgan fingerprint density at radius 3 is 2.55 bits per heavy atom. The van der Waals surface area contributed by atoms with Crippen molar-refractivity contribution in [1.82, 2.24) is 10.3 Å². The number of carbonyl (C=O) groups is 1. The summed E-state index contributed by atoms with van der Waals surface area (Å²) in [5.74, 6) is 0.895. The zero-order valence-electron chi connectivity index (χ0n) is 21.8. The second-order valence-corrected chi connectivity index (χ2v) is 11.1. The number of hydrogen-bond donors (Lipinski definition) is 2. The van der Waals surface area contributed by atoms with Crippen molar-refractivity contribution >= 4 is 44.7 Å². The molecule has 1 saturated heterocycles. The van der Waals surface area contributed by atoms with E-state index in [1.54, 1.807) is 48.7 Å². The second kappa shape index (κ2) is 11.0. The highest BCUT2D eigenvalue weighted by atomic mass is 32.2. The number of thiocarbonyl (C=S) groups is 1. The molecule has 2 N–H and O–H groups in total. The van der Waals surface area contributed by atoms with Gasteiger partial charge in [0.15, 0.2) is 5.11 Å². The predicted molar refractivity (Wildman–Crippen MR) is 155 cm³/mol. The summed E-state index contributed by atoms with van der Waals surface area (Å²) < 4.78 is 43.0. The first-order chi connectivity index (χ1) is 19.2. The molecule has 2 aromatic heterocycles. The van der Waals surface area contributed by atoms with E-state index < -0.39 is 22.0 Å². The number of benzene rings is 2. The molecule has 0 unspecified atom stereocenters. The molecule has 206 valence electrons. The van der Waals surface area contributed by atoms with Gasteiger partial charge < -0.3 is 24.1 Å². The van der Waals surface area contributed by atoms with Gasteiger partial charge in [0.05, 0.1) is 43.5 Å². The highest BCUT2D eigenvalue weighted by Gasteiger charge is 2.43. The van der Waals surface area contributed by atoms with Crippen LogP contribution in [0.3, 0.4) is 0 Å². The quantitative estimate of drug-likeness (QED) is 0.225. The summed E-state index contributed by atoms with van der Waals surface area (Å²) >= 11 is 5.78. The van der Waals surface area contributed by atoms with Gasteiger partial charge in [-0.2, -0.15) is 0 Å². The van der Waals surface area contributed by atoms with Crippen LogP contribution in [-0.2, 0) is 14.8 Å². The minimum atomic E-state index is -3.52. The van der Waals surface area contributed by atoms with E-state index in [-0.39, 0.29) is 6.04 Å². The molecule has 1 aliphatic rings. The number of rotatable bonds is 8. The van der Waals surface area contributed by atoms with Gasteiger partial charge in [0.2, 0.25) is 10.0 Å². The summed E-state index contributed by atoms with van der Waals surface area (Å²) in [6.45, 7) is 0. The standard InChI is InChI=1S/C28H26N4O6S2/c1-36-24-16-17(11-12-20(24)31-40(3,34)35)32-26(25(30-28(32)39)21-10-6-7-15-29-21)23-14-13-22(38-23)18-8-4-5-9-19(18)27(33)37-2/h4-16,25-26,31H,1-3H3,(H,30,39)/t25-,26-/m1/s1. The highest BCUT2D eigenvalue weighted by molar-refractivity contribution is 7.92. The third kappa shape index (κ3) is 5.36. The number of pyridine rings is 1. The van der Waals surface area contributed by atoms with Crippen LogP contribution in [0.15, 0.2) is 83.4 Å². The Bertz CT molecular complexity index is 1670. The Morgan fingerprint density at radius 1 is 1.07 bits per heavy atom. The lowest BCUT2D eigenvalue weighted by molar-refractivity contribution is 0.0601. The highest BCUT2D eigenvalue weighted by Crippen LogP contribution is 2.44. The zero-order chi connectivity index (χ0) is 28.4. The van der Waals surface area contributed by atoms with Crippen LogP contribution in [0.1, 0.15) is 33.9 Å². The molecular weight excluding hydrogens is 552 g/mol. The molecule has 1 aliphatic heterocycles. The molecule has 2 atom stereocenters. The molecule has 0 spiro atoms. The maximum Gasteiger partial charge on any atom is 0.338 e. The van der Waals surface area contributed by atoms with E-state index in [1.807, 2.05) is 35.2 Å². The molecule has 40 heavy (non-hydrogen) atoms. The van der Waals surface area contributed by atoms with Crippen LogP contribution in [0.25, 0.3) is 11.3 Å². The molecule has 12 heteroatoms. The summed E-state index contributed by atoms with van der Waals surface area (Å²) in [4.78, 5) is 18.8. The predicted octanol–water partition coefficient (Wildman–Crippen LogP) is 4.69. The van der Waals surface area contributed by atoms with Crippen molar-refractivity contribution in [2.45, 2.75) is 12.1 Å². The molecule has 3 heterocycles. The van der Waals surface area contributed by atoms with Crippen LogP contribution in [0.4, 0.5) is 11.4 Å². The van der Waals surface area contributed by atoms with E-state index in [0.717, 1.165) is 11.9 Å². The molecule has 10 nitrogen and oxygen atoms in total. The molecule has 0 radical (unpaired) electrons. The normalized spacial score (nSPS) is 16.9. The van der Waals surface area contributed by atoms with Gasteiger partial charge in [-0.15, -0.1) is 0 Å². The van der Waals surface area contributed by atoms with Crippen molar-refractivity contribution in [1.29, 1.82) is 0 Å². The minimum absolute atomic E-state index is 0.296. The lowest BCUT2D eigenvalue weighted by atomic mass is 10.0. The molecule has 0 saturated carbocycles. The third-order valence-electron chi connectivity index (χ3n) is 6.37. The van der Waals surface area contributed by atoms with Gasteiger partial charge >= 0.3 is 5.97 Å². The Balaban J connectivity index is 1.61. The second-order valence-electron chi connectivity index (χ2n) is 8.99. The number of hydrogen-bond acceptors (Lipinski definition) is 8. The summed E-state index contributed by atoms with van der Waals surface area (Å²) in [7, 11) is -0.735. The summed E-state index contributed by atoms with van der Waals surface area (Å²) in [6.07, 6.45) is 2.77. The zero-order valence-corrected chi connectivity index (χ0v) is 23.5. The van der Waals surface area contributed by atoms with Crippen molar-refractivity contribution in [3.63, 3.8) is 0 Å². The van der Waals surface area contributed by atoms with Crippen molar-refractivity contribution in [2.75, 3.05) is 30.1 Å². The van der Waals surface area contributed by atoms with Crippen LogP contribution >= 0.6 is 12.2 Å². The number of methoxy groups -OCH3 is 2. The molecule has 4 aromatic rings. The molecule has 2 aromatic carbocycles. The summed E-state index contributed by atoms with van der Waals surface area (Å²) in [5.41, 5.74) is 2.65. The molecule has 0 amide bonds. The number of anilines is 2. The fourth-order valence-corrected chi connectivity index (χ4v) is 5.59. The van der Waals surface area contributed by atoms with Gasteiger partial charge in [-0.3, -0.25) is 9.71 Å². The van der Waals surface area contributed by atoms with E-state index >= 15 is 0 Å². The van der Waals surface area contributed by atoms with Crippen LogP contribution in [0, 0.1) is 0 Å². The van der Waals surface area contributed by atoms with E-state index in [9.17, 15) is 13.2 Å². The number of aromatic nitrogens is 1. The number of sulfonamides is 1. The van der Waals surface area contributed by atoms with Crippen LogP contribution in [0.2, 0.25) is 0 Å². The topological polar surface area (TPSA) is 123 Å². The molecule has 0 bridgehead atoms. The van der Waals surface area contributed by atoms with Crippen molar-refractivity contribution in [3.05, 3.63) is 96.0 Å². The Hall–Kier alpha value is -4.42. The first-order valence-electron chi connectivity index (χ1n) is 12.1. The van der Waals surface area contributed by atoms with Crippen LogP contribution < -0.4 is 19.7 Å². The van der Waals surface area contributed by atoms with Crippen molar-refractivity contribution in [2.24, 2.45) is 0 Å². The average molecular weight is 579 g/mol. The number of nitrogens with zero attached hydrogens (tertiary/aromatic N) is 2. The molecular formula is C28H26N4O6S2. The van der Waals surface area contributed by atoms with E-state index in [1.165, 1.54) is 14.2 Å². The summed E-state index contributed by atoms with van der Waals surface area (Å²) in [6, 6.07) is 20.5. The Kier molecular flexibility index (Phi) is 7.46. The molecule has 5 rings (SSSR count). The Morgan fingerprint density at radius 2 is 1.85 bits per heavy atom. The maximum absolute atomic E-state index is 12.4. The maximum atomic E-state index is 12.4. The lowest BCUT2D eigenvalue weighted by Crippen LogP contribution is -2.29. The van der Waals surface area contributed by atoms with E-state index in [4.69, 9.17) is 26.1 Å². The number of carbonyl (C=O) groups excluding carboxylic acids is 1. The smallest absolute Gasteiger partial charge is 0.338 e. The van der Waals surface area contributed by atoms with Crippen molar-refractivity contribution in [3.8, 4) is 17.1 Å². The first-order valence-corrected chi connectivity index (χ1v) is 14.4. The largest absolute Gasteiger partial charge is 0.494 e. The van der Waals surface area contributed by atoms with Crippen LogP contribution in [-0.4, -0.2) is 45.0 Å². The number of esters is 1. The van der Waals surface area contributed by atoms with Crippen molar-refractivity contribution < 1.29 is 27.1 Å². The van der Waals surface area contributed by atoms with Gasteiger partial charge in [-0.25, -0.2) is 13.2 Å². The molecule has 1 fully saturated rings. The monoisotopic (exact) mass is 578 g/mol.